The highest BCUT2D eigenvalue weighted by atomic mass is 16.2. The molecule has 2 atom stereocenters. The first-order valence-electron chi connectivity index (χ1n) is 8.39. The van der Waals surface area contributed by atoms with Crippen LogP contribution in [0.25, 0.3) is 11.0 Å². The van der Waals surface area contributed by atoms with Gasteiger partial charge in [0.1, 0.15) is 0 Å². The van der Waals surface area contributed by atoms with Crippen LogP contribution < -0.4 is 5.69 Å². The molecule has 1 aliphatic carbocycles. The van der Waals surface area contributed by atoms with Gasteiger partial charge in [-0.3, -0.25) is 13.9 Å². The Morgan fingerprint density at radius 1 is 1.26 bits per heavy atom. The van der Waals surface area contributed by atoms with Gasteiger partial charge in [0.25, 0.3) is 0 Å². The number of aromatic nitrogens is 2. The molecule has 0 bridgehead atoms. The molecule has 3 rings (SSSR count). The second-order valence-corrected chi connectivity index (χ2v) is 6.81. The van der Waals surface area contributed by atoms with Gasteiger partial charge in [-0.25, -0.2) is 4.79 Å². The predicted molar refractivity (Wildman–Crippen MR) is 91.4 cm³/mol. The predicted octanol–water partition coefficient (Wildman–Crippen LogP) is 2.38. The van der Waals surface area contributed by atoms with Crippen LogP contribution in [0.5, 0.6) is 0 Å². The summed E-state index contributed by atoms with van der Waals surface area (Å²) in [5.41, 5.74) is 1.74. The molecule has 1 fully saturated rings. The number of imidazole rings is 1. The van der Waals surface area contributed by atoms with Gasteiger partial charge in [0.2, 0.25) is 5.91 Å². The maximum absolute atomic E-state index is 12.5. The Labute approximate surface area is 136 Å². The van der Waals surface area contributed by atoms with Gasteiger partial charge in [-0.05, 0) is 37.3 Å². The molecule has 1 aliphatic rings. The van der Waals surface area contributed by atoms with E-state index in [2.05, 4.69) is 6.92 Å². The number of hydrogen-bond donors (Lipinski definition) is 0. The summed E-state index contributed by atoms with van der Waals surface area (Å²) in [5.74, 6) is 0.833. The fourth-order valence-corrected chi connectivity index (χ4v) is 3.70. The van der Waals surface area contributed by atoms with Crippen LogP contribution in [0.2, 0.25) is 0 Å². The third-order valence-electron chi connectivity index (χ3n) is 5.21. The molecule has 2 aromatic rings. The van der Waals surface area contributed by atoms with Gasteiger partial charge in [-0.15, -0.1) is 0 Å². The van der Waals surface area contributed by atoms with E-state index in [1.165, 1.54) is 6.42 Å². The lowest BCUT2D eigenvalue weighted by atomic mass is 10.1. The molecule has 0 N–H and O–H groups in total. The zero-order chi connectivity index (χ0) is 16.6. The highest BCUT2D eigenvalue weighted by molar-refractivity contribution is 5.78. The topological polar surface area (TPSA) is 47.2 Å². The lowest BCUT2D eigenvalue weighted by Crippen LogP contribution is -2.36. The first kappa shape index (κ1) is 15.8. The van der Waals surface area contributed by atoms with E-state index in [4.69, 9.17) is 0 Å². The van der Waals surface area contributed by atoms with E-state index in [-0.39, 0.29) is 11.6 Å². The summed E-state index contributed by atoms with van der Waals surface area (Å²) in [5, 5.41) is 0. The molecule has 124 valence electrons. The van der Waals surface area contributed by atoms with Crippen molar-refractivity contribution in [2.45, 2.75) is 45.2 Å². The van der Waals surface area contributed by atoms with E-state index in [0.717, 1.165) is 23.9 Å². The Morgan fingerprint density at radius 3 is 2.61 bits per heavy atom. The average Bonchev–Trinajstić information content (AvgIpc) is 3.08. The van der Waals surface area contributed by atoms with Crippen LogP contribution in [-0.4, -0.2) is 33.0 Å². The minimum atomic E-state index is -0.0591. The molecule has 0 aliphatic heterocycles. The van der Waals surface area contributed by atoms with Crippen LogP contribution in [-0.2, 0) is 18.4 Å². The summed E-state index contributed by atoms with van der Waals surface area (Å²) in [4.78, 5) is 26.7. The van der Waals surface area contributed by atoms with Gasteiger partial charge in [0.15, 0.2) is 0 Å². The standard InChI is InChI=1S/C18H25N3O2/c1-13-8-9-14(12-13)19(2)17(22)10-11-21-16-7-5-4-6-15(16)20(3)18(21)23/h4-7,13-14H,8-12H2,1-3H3. The molecule has 1 aromatic heterocycles. The Balaban J connectivity index is 1.72. The van der Waals surface area contributed by atoms with E-state index in [1.54, 1.807) is 16.2 Å². The second kappa shape index (κ2) is 6.22. The normalized spacial score (nSPS) is 21.0. The minimum Gasteiger partial charge on any atom is -0.343 e. The molecule has 5 heteroatoms. The summed E-state index contributed by atoms with van der Waals surface area (Å²) in [6, 6.07) is 8.07. The molecule has 0 saturated heterocycles. The zero-order valence-electron chi connectivity index (χ0n) is 14.2. The number of fused-ring (bicyclic) bond motifs is 1. The highest BCUT2D eigenvalue weighted by Crippen LogP contribution is 2.28. The molecule has 0 spiro atoms. The third kappa shape index (κ3) is 2.92. The Bertz CT molecular complexity index is 774. The first-order chi connectivity index (χ1) is 11.0. The number of nitrogens with zero attached hydrogens (tertiary/aromatic N) is 3. The lowest BCUT2D eigenvalue weighted by molar-refractivity contribution is -0.132. The number of hydrogen-bond acceptors (Lipinski definition) is 2. The van der Waals surface area contributed by atoms with Gasteiger partial charge in [-0.2, -0.15) is 0 Å². The van der Waals surface area contributed by atoms with Gasteiger partial charge >= 0.3 is 5.69 Å². The molecule has 1 aromatic carbocycles. The van der Waals surface area contributed by atoms with Gasteiger partial charge in [0.05, 0.1) is 11.0 Å². The van der Waals surface area contributed by atoms with Crippen molar-refractivity contribution in [2.75, 3.05) is 7.05 Å². The van der Waals surface area contributed by atoms with E-state index >= 15 is 0 Å². The van der Waals surface area contributed by atoms with Crippen molar-refractivity contribution in [3.63, 3.8) is 0 Å². The Kier molecular flexibility index (Phi) is 4.28. The number of para-hydroxylation sites is 2. The number of rotatable bonds is 4. The van der Waals surface area contributed by atoms with Crippen LogP contribution in [0.4, 0.5) is 0 Å². The molecule has 1 heterocycles. The first-order valence-corrected chi connectivity index (χ1v) is 8.39. The number of carbonyl (C=O) groups is 1. The van der Waals surface area contributed by atoms with Crippen molar-refractivity contribution in [2.24, 2.45) is 13.0 Å². The quantitative estimate of drug-likeness (QED) is 0.869. The zero-order valence-corrected chi connectivity index (χ0v) is 14.2. The number of carbonyl (C=O) groups excluding carboxylic acids is 1. The monoisotopic (exact) mass is 315 g/mol. The van der Waals surface area contributed by atoms with E-state index in [9.17, 15) is 9.59 Å². The van der Waals surface area contributed by atoms with Crippen molar-refractivity contribution < 1.29 is 4.79 Å². The molecule has 23 heavy (non-hydrogen) atoms. The number of benzene rings is 1. The smallest absolute Gasteiger partial charge is 0.328 e. The third-order valence-corrected chi connectivity index (χ3v) is 5.21. The number of aryl methyl sites for hydroxylation is 2. The van der Waals surface area contributed by atoms with Gasteiger partial charge in [-0.1, -0.05) is 19.1 Å². The summed E-state index contributed by atoms with van der Waals surface area (Å²) in [7, 11) is 3.67. The highest BCUT2D eigenvalue weighted by Gasteiger charge is 2.27. The largest absolute Gasteiger partial charge is 0.343 e. The van der Waals surface area contributed by atoms with Gasteiger partial charge in [0, 0.05) is 33.1 Å². The molecule has 0 radical (unpaired) electrons. The molecule has 1 saturated carbocycles. The van der Waals surface area contributed by atoms with E-state index < -0.39 is 0 Å². The summed E-state index contributed by atoms with van der Waals surface area (Å²) >= 11 is 0. The fraction of sp³-hybridized carbons (Fsp3) is 0.556. The number of amides is 1. The van der Waals surface area contributed by atoms with Crippen LogP contribution >= 0.6 is 0 Å². The van der Waals surface area contributed by atoms with Crippen LogP contribution in [0.3, 0.4) is 0 Å². The fourth-order valence-electron chi connectivity index (χ4n) is 3.70. The van der Waals surface area contributed by atoms with Crippen LogP contribution in [0.15, 0.2) is 29.1 Å². The minimum absolute atomic E-state index is 0.0591. The SMILES string of the molecule is CC1CCC(N(C)C(=O)CCn2c(=O)n(C)c3ccccc32)C1. The molecular formula is C18H25N3O2. The van der Waals surface area contributed by atoms with Crippen molar-refractivity contribution >= 4 is 16.9 Å². The molecule has 5 nitrogen and oxygen atoms in total. The summed E-state index contributed by atoms with van der Waals surface area (Å²) in [6.07, 6.45) is 3.76. The van der Waals surface area contributed by atoms with Crippen molar-refractivity contribution in [1.82, 2.24) is 14.0 Å². The Hall–Kier alpha value is -2.04. The lowest BCUT2D eigenvalue weighted by Gasteiger charge is -2.24. The van der Waals surface area contributed by atoms with Crippen molar-refractivity contribution in [3.05, 3.63) is 34.7 Å². The van der Waals surface area contributed by atoms with E-state index in [0.29, 0.717) is 24.9 Å². The molecule has 2 unspecified atom stereocenters. The van der Waals surface area contributed by atoms with E-state index in [1.807, 2.05) is 36.2 Å². The maximum atomic E-state index is 12.5. The van der Waals surface area contributed by atoms with Crippen molar-refractivity contribution in [1.29, 1.82) is 0 Å². The summed E-state index contributed by atoms with van der Waals surface area (Å²) in [6.45, 7) is 2.68. The Morgan fingerprint density at radius 2 is 1.96 bits per heavy atom. The molecule has 1 amide bonds. The van der Waals surface area contributed by atoms with Crippen molar-refractivity contribution in [3.8, 4) is 0 Å². The van der Waals surface area contributed by atoms with Gasteiger partial charge < -0.3 is 4.90 Å². The average molecular weight is 315 g/mol. The van der Waals surface area contributed by atoms with Crippen LogP contribution in [0.1, 0.15) is 32.6 Å². The maximum Gasteiger partial charge on any atom is 0.328 e. The second-order valence-electron chi connectivity index (χ2n) is 6.81. The molecular weight excluding hydrogens is 290 g/mol. The summed E-state index contributed by atoms with van der Waals surface area (Å²) < 4.78 is 3.35. The van der Waals surface area contributed by atoms with Crippen LogP contribution in [0, 0.1) is 5.92 Å².